The van der Waals surface area contributed by atoms with Crippen molar-refractivity contribution in [3.8, 4) is 0 Å². The molecule has 0 radical (unpaired) electrons. The Labute approximate surface area is 136 Å². The zero-order valence-corrected chi connectivity index (χ0v) is 13.7. The summed E-state index contributed by atoms with van der Waals surface area (Å²) in [5.41, 5.74) is -0.267. The molecule has 0 spiro atoms. The zero-order valence-electron chi connectivity index (χ0n) is 12.2. The number of anilines is 1. The second-order valence-corrected chi connectivity index (χ2v) is 6.32. The standard InChI is InChI=1S/C13H16ClN5O2S/c1-3-6-19-12(21)17-18-13(19)22-8(2)11(20)16-10-5-4-9(14)7-15-10/h4-5,7-8H,3,6H2,1-2H3,(H,17,21)(H,15,16,20). The maximum absolute atomic E-state index is 12.1. The number of nitrogens with one attached hydrogen (secondary N) is 2. The number of hydrogen-bond donors (Lipinski definition) is 2. The normalized spacial score (nSPS) is 12.1. The van der Waals surface area contributed by atoms with Crippen molar-refractivity contribution in [2.45, 2.75) is 37.2 Å². The number of carbonyl (C=O) groups is 1. The monoisotopic (exact) mass is 341 g/mol. The molecule has 1 unspecified atom stereocenters. The van der Waals surface area contributed by atoms with Gasteiger partial charge in [-0.25, -0.2) is 14.9 Å². The Bertz CT molecular complexity index is 697. The molecule has 9 heteroatoms. The number of amides is 1. The Hall–Kier alpha value is -1.80. The van der Waals surface area contributed by atoms with Crippen LogP contribution in [0, 0.1) is 0 Å². The van der Waals surface area contributed by atoms with Crippen LogP contribution in [0.2, 0.25) is 5.02 Å². The largest absolute Gasteiger partial charge is 0.343 e. The molecule has 0 aliphatic carbocycles. The molecule has 0 saturated heterocycles. The topological polar surface area (TPSA) is 92.7 Å². The van der Waals surface area contributed by atoms with Crippen LogP contribution in [-0.4, -0.2) is 30.9 Å². The van der Waals surface area contributed by atoms with E-state index in [0.29, 0.717) is 22.5 Å². The number of H-pyrrole nitrogens is 1. The summed E-state index contributed by atoms with van der Waals surface area (Å²) in [5, 5.41) is 9.62. The molecule has 0 fully saturated rings. The average Bonchev–Trinajstić information content (AvgIpc) is 2.83. The van der Waals surface area contributed by atoms with Gasteiger partial charge in [0.1, 0.15) is 5.82 Å². The highest BCUT2D eigenvalue weighted by Gasteiger charge is 2.19. The fourth-order valence-electron chi connectivity index (χ4n) is 1.70. The average molecular weight is 342 g/mol. The molecule has 0 aliphatic heterocycles. The lowest BCUT2D eigenvalue weighted by atomic mass is 10.4. The van der Waals surface area contributed by atoms with Crippen LogP contribution in [0.15, 0.2) is 28.3 Å². The van der Waals surface area contributed by atoms with Crippen LogP contribution in [0.3, 0.4) is 0 Å². The van der Waals surface area contributed by atoms with E-state index in [4.69, 9.17) is 11.6 Å². The molecule has 0 aliphatic rings. The van der Waals surface area contributed by atoms with E-state index in [1.807, 2.05) is 6.92 Å². The molecule has 2 rings (SSSR count). The minimum atomic E-state index is -0.428. The zero-order chi connectivity index (χ0) is 16.1. The van der Waals surface area contributed by atoms with Gasteiger partial charge in [0, 0.05) is 12.7 Å². The maximum Gasteiger partial charge on any atom is 0.343 e. The number of rotatable bonds is 6. The highest BCUT2D eigenvalue weighted by molar-refractivity contribution is 8.00. The quantitative estimate of drug-likeness (QED) is 0.785. The summed E-state index contributed by atoms with van der Waals surface area (Å²) >= 11 is 6.96. The van der Waals surface area contributed by atoms with E-state index in [-0.39, 0.29) is 11.6 Å². The van der Waals surface area contributed by atoms with Crippen molar-refractivity contribution in [1.29, 1.82) is 0 Å². The molecule has 1 amide bonds. The first-order valence-corrected chi connectivity index (χ1v) is 8.01. The number of thioether (sulfide) groups is 1. The van der Waals surface area contributed by atoms with Crippen LogP contribution in [0.25, 0.3) is 0 Å². The fraction of sp³-hybridized carbons (Fsp3) is 0.385. The fourth-order valence-corrected chi connectivity index (χ4v) is 2.70. The van der Waals surface area contributed by atoms with Crippen LogP contribution in [0.1, 0.15) is 20.3 Å². The molecule has 2 aromatic rings. The predicted molar refractivity (Wildman–Crippen MR) is 86.3 cm³/mol. The number of pyridine rings is 1. The lowest BCUT2D eigenvalue weighted by Crippen LogP contribution is -2.24. The van der Waals surface area contributed by atoms with E-state index in [1.54, 1.807) is 19.1 Å². The van der Waals surface area contributed by atoms with Crippen molar-refractivity contribution in [2.75, 3.05) is 5.32 Å². The number of nitrogens with zero attached hydrogens (tertiary/aromatic N) is 3. The smallest absolute Gasteiger partial charge is 0.310 e. The molecule has 118 valence electrons. The predicted octanol–water partition coefficient (Wildman–Crippen LogP) is 2.15. The van der Waals surface area contributed by atoms with Crippen molar-refractivity contribution in [3.63, 3.8) is 0 Å². The van der Waals surface area contributed by atoms with Gasteiger partial charge in [-0.05, 0) is 25.5 Å². The van der Waals surface area contributed by atoms with E-state index in [9.17, 15) is 9.59 Å². The molecule has 2 heterocycles. The van der Waals surface area contributed by atoms with Crippen LogP contribution in [0.5, 0.6) is 0 Å². The van der Waals surface area contributed by atoms with Crippen LogP contribution in [0.4, 0.5) is 5.82 Å². The van der Waals surface area contributed by atoms with Crippen molar-refractivity contribution >= 4 is 35.1 Å². The molecule has 22 heavy (non-hydrogen) atoms. The van der Waals surface area contributed by atoms with Gasteiger partial charge in [0.15, 0.2) is 5.16 Å². The maximum atomic E-state index is 12.1. The molecule has 1 atom stereocenters. The molecule has 2 aromatic heterocycles. The van der Waals surface area contributed by atoms with Gasteiger partial charge < -0.3 is 5.32 Å². The van der Waals surface area contributed by atoms with Gasteiger partial charge in [-0.1, -0.05) is 30.3 Å². The van der Waals surface area contributed by atoms with Gasteiger partial charge in [0.2, 0.25) is 5.91 Å². The second kappa shape index (κ2) is 7.46. The van der Waals surface area contributed by atoms with Crippen LogP contribution in [-0.2, 0) is 11.3 Å². The first-order valence-electron chi connectivity index (χ1n) is 6.75. The van der Waals surface area contributed by atoms with Crippen LogP contribution < -0.4 is 11.0 Å². The molecule has 0 saturated carbocycles. The number of aromatic nitrogens is 4. The summed E-state index contributed by atoms with van der Waals surface area (Å²) in [6.07, 6.45) is 2.27. The lowest BCUT2D eigenvalue weighted by Gasteiger charge is -2.11. The van der Waals surface area contributed by atoms with Gasteiger partial charge in [-0.2, -0.15) is 0 Å². The number of carbonyl (C=O) groups excluding carboxylic acids is 1. The third-order valence-corrected chi connectivity index (χ3v) is 4.11. The van der Waals surface area contributed by atoms with E-state index < -0.39 is 5.25 Å². The van der Waals surface area contributed by atoms with Gasteiger partial charge in [-0.3, -0.25) is 9.36 Å². The third-order valence-electron chi connectivity index (χ3n) is 2.80. The van der Waals surface area contributed by atoms with Crippen molar-refractivity contribution < 1.29 is 4.79 Å². The SMILES string of the molecule is CCCn1c(SC(C)C(=O)Nc2ccc(Cl)cn2)n[nH]c1=O. The van der Waals surface area contributed by atoms with Gasteiger partial charge in [0.25, 0.3) is 0 Å². The molecular formula is C13H16ClN5O2S. The highest BCUT2D eigenvalue weighted by Crippen LogP contribution is 2.21. The summed E-state index contributed by atoms with van der Waals surface area (Å²) in [6, 6.07) is 3.27. The van der Waals surface area contributed by atoms with Gasteiger partial charge in [-0.15, -0.1) is 5.10 Å². The Kier molecular flexibility index (Phi) is 5.62. The Balaban J connectivity index is 2.02. The summed E-state index contributed by atoms with van der Waals surface area (Å²) in [6.45, 7) is 4.27. The molecule has 0 aromatic carbocycles. The third kappa shape index (κ3) is 4.11. The van der Waals surface area contributed by atoms with Crippen molar-refractivity contribution in [2.24, 2.45) is 0 Å². The van der Waals surface area contributed by atoms with E-state index >= 15 is 0 Å². The molecular weight excluding hydrogens is 326 g/mol. The van der Waals surface area contributed by atoms with Gasteiger partial charge in [0.05, 0.1) is 10.3 Å². The summed E-state index contributed by atoms with van der Waals surface area (Å²) in [7, 11) is 0. The summed E-state index contributed by atoms with van der Waals surface area (Å²) in [5.74, 6) is 0.202. The first kappa shape index (κ1) is 16.6. The Morgan fingerprint density at radius 3 is 2.95 bits per heavy atom. The molecule has 7 nitrogen and oxygen atoms in total. The second-order valence-electron chi connectivity index (χ2n) is 4.57. The van der Waals surface area contributed by atoms with Crippen LogP contribution >= 0.6 is 23.4 Å². The van der Waals surface area contributed by atoms with E-state index in [1.165, 1.54) is 22.5 Å². The lowest BCUT2D eigenvalue weighted by molar-refractivity contribution is -0.115. The highest BCUT2D eigenvalue weighted by atomic mass is 35.5. The summed E-state index contributed by atoms with van der Waals surface area (Å²) < 4.78 is 1.52. The minimum Gasteiger partial charge on any atom is -0.310 e. The van der Waals surface area contributed by atoms with Gasteiger partial charge >= 0.3 is 5.69 Å². The molecule has 0 bridgehead atoms. The van der Waals surface area contributed by atoms with E-state index in [0.717, 1.165) is 6.42 Å². The number of halogens is 1. The summed E-state index contributed by atoms with van der Waals surface area (Å²) in [4.78, 5) is 27.8. The number of aromatic amines is 1. The van der Waals surface area contributed by atoms with Crippen molar-refractivity contribution in [1.82, 2.24) is 19.7 Å². The molecule has 2 N–H and O–H groups in total. The Morgan fingerprint density at radius 1 is 1.55 bits per heavy atom. The Morgan fingerprint density at radius 2 is 2.32 bits per heavy atom. The minimum absolute atomic E-state index is 0.224. The first-order chi connectivity index (χ1) is 10.5. The van der Waals surface area contributed by atoms with E-state index in [2.05, 4.69) is 20.5 Å². The number of hydrogen-bond acceptors (Lipinski definition) is 5. The van der Waals surface area contributed by atoms with Crippen molar-refractivity contribution in [3.05, 3.63) is 33.8 Å².